The Kier molecular flexibility index (Phi) is 7.75. The van der Waals surface area contributed by atoms with Crippen LogP contribution in [0.3, 0.4) is 0 Å². The molecular formula is C23H24O8. The summed E-state index contributed by atoms with van der Waals surface area (Å²) >= 11 is 0. The van der Waals surface area contributed by atoms with Gasteiger partial charge in [-0.2, -0.15) is 0 Å². The predicted molar refractivity (Wildman–Crippen MR) is 108 cm³/mol. The lowest BCUT2D eigenvalue weighted by atomic mass is 10.1. The quantitative estimate of drug-likeness (QED) is 0.503. The van der Waals surface area contributed by atoms with E-state index in [0.717, 1.165) is 0 Å². The zero-order chi connectivity index (χ0) is 22.2. The van der Waals surface area contributed by atoms with E-state index >= 15 is 0 Å². The van der Waals surface area contributed by atoms with Crippen molar-refractivity contribution in [1.29, 1.82) is 0 Å². The molecule has 164 valence electrons. The first-order valence-corrected chi connectivity index (χ1v) is 9.86. The minimum atomic E-state index is -1.16. The first-order chi connectivity index (χ1) is 15.0. The van der Waals surface area contributed by atoms with Gasteiger partial charge in [-0.05, 0) is 24.3 Å². The number of hydrogen-bond donors (Lipinski definition) is 1. The number of esters is 3. The van der Waals surface area contributed by atoms with Gasteiger partial charge in [-0.3, -0.25) is 4.79 Å². The molecule has 0 aromatic heterocycles. The van der Waals surface area contributed by atoms with E-state index in [0.29, 0.717) is 11.1 Å². The van der Waals surface area contributed by atoms with Crippen LogP contribution in [0.5, 0.6) is 0 Å². The summed E-state index contributed by atoms with van der Waals surface area (Å²) in [5.41, 5.74) is 0.723. The molecule has 2 aromatic carbocycles. The van der Waals surface area contributed by atoms with Crippen molar-refractivity contribution < 1.29 is 38.4 Å². The van der Waals surface area contributed by atoms with E-state index in [1.54, 1.807) is 60.7 Å². The Morgan fingerprint density at radius 2 is 1.58 bits per heavy atom. The van der Waals surface area contributed by atoms with Gasteiger partial charge in [0.25, 0.3) is 0 Å². The average Bonchev–Trinajstić information content (AvgIpc) is 3.20. The fourth-order valence-electron chi connectivity index (χ4n) is 3.25. The van der Waals surface area contributed by atoms with E-state index in [2.05, 4.69) is 4.74 Å². The number of aliphatic hydroxyl groups excluding tert-OH is 1. The van der Waals surface area contributed by atoms with E-state index < -0.39 is 42.3 Å². The summed E-state index contributed by atoms with van der Waals surface area (Å²) in [6.45, 7) is -0.303. The molecule has 8 nitrogen and oxygen atoms in total. The molecule has 0 saturated carbocycles. The molecule has 1 aliphatic rings. The van der Waals surface area contributed by atoms with Crippen LogP contribution in [0.25, 0.3) is 0 Å². The Hall–Kier alpha value is -3.23. The molecule has 0 spiro atoms. The maximum absolute atomic E-state index is 12.4. The molecule has 8 heteroatoms. The number of carbonyl (C=O) groups excluding carboxylic acids is 3. The molecule has 1 unspecified atom stereocenters. The molecular weight excluding hydrogens is 404 g/mol. The summed E-state index contributed by atoms with van der Waals surface area (Å²) in [5, 5.41) is 10.5. The fraction of sp³-hybridized carbons (Fsp3) is 0.348. The van der Waals surface area contributed by atoms with Crippen molar-refractivity contribution in [1.82, 2.24) is 0 Å². The molecule has 0 amide bonds. The van der Waals surface area contributed by atoms with E-state index in [1.807, 2.05) is 0 Å². The van der Waals surface area contributed by atoms with Gasteiger partial charge in [0, 0.05) is 6.42 Å². The van der Waals surface area contributed by atoms with Gasteiger partial charge in [0.1, 0.15) is 24.9 Å². The number of carbonyl (C=O) groups is 3. The fourth-order valence-corrected chi connectivity index (χ4v) is 3.25. The van der Waals surface area contributed by atoms with E-state index in [4.69, 9.17) is 14.2 Å². The number of hydrogen-bond acceptors (Lipinski definition) is 8. The highest BCUT2D eigenvalue weighted by molar-refractivity contribution is 5.89. The van der Waals surface area contributed by atoms with Crippen molar-refractivity contribution >= 4 is 17.9 Å². The van der Waals surface area contributed by atoms with Gasteiger partial charge in [0.05, 0.1) is 30.8 Å². The molecule has 0 radical (unpaired) electrons. The van der Waals surface area contributed by atoms with Crippen LogP contribution in [-0.4, -0.2) is 61.1 Å². The third-order valence-corrected chi connectivity index (χ3v) is 4.92. The average molecular weight is 428 g/mol. The predicted octanol–water partition coefficient (Wildman–Crippen LogP) is 2.15. The zero-order valence-corrected chi connectivity index (χ0v) is 17.0. The second kappa shape index (κ2) is 10.7. The van der Waals surface area contributed by atoms with Crippen LogP contribution in [0, 0.1) is 0 Å². The summed E-state index contributed by atoms with van der Waals surface area (Å²) in [6.07, 6.45) is -3.50. The lowest BCUT2D eigenvalue weighted by Gasteiger charge is -2.19. The van der Waals surface area contributed by atoms with Crippen LogP contribution >= 0.6 is 0 Å². The summed E-state index contributed by atoms with van der Waals surface area (Å²) in [6, 6.07) is 16.8. The van der Waals surface area contributed by atoms with Crippen LogP contribution in [-0.2, 0) is 23.7 Å². The molecule has 2 aromatic rings. The highest BCUT2D eigenvalue weighted by Gasteiger charge is 2.42. The molecule has 1 N–H and O–H groups in total. The standard InChI is InChI=1S/C23H24O8/c1-28-21(25)13-20-19(31-23(27)16-10-6-3-7-11-16)12-18(30-20)17(24)14-29-22(26)15-8-4-2-5-9-15/h2-11,17-20,24H,12-14H2,1H3/t17-,18+,19+,20?/m0/s1. The monoisotopic (exact) mass is 428 g/mol. The molecule has 0 aliphatic carbocycles. The van der Waals surface area contributed by atoms with Crippen LogP contribution in [0.15, 0.2) is 60.7 Å². The van der Waals surface area contributed by atoms with Crippen molar-refractivity contribution in [2.45, 2.75) is 37.3 Å². The lowest BCUT2D eigenvalue weighted by molar-refractivity contribution is -0.146. The molecule has 1 saturated heterocycles. The first-order valence-electron chi connectivity index (χ1n) is 9.86. The lowest BCUT2D eigenvalue weighted by Crippen LogP contribution is -2.32. The first kappa shape index (κ1) is 22.5. The molecule has 31 heavy (non-hydrogen) atoms. The van der Waals surface area contributed by atoms with E-state index in [-0.39, 0.29) is 19.4 Å². The van der Waals surface area contributed by atoms with Crippen molar-refractivity contribution in [2.75, 3.05) is 13.7 Å². The normalized spacial score (nSPS) is 21.2. The molecule has 1 fully saturated rings. The number of methoxy groups -OCH3 is 1. The molecule has 4 atom stereocenters. The Morgan fingerprint density at radius 1 is 1.00 bits per heavy atom. The van der Waals surface area contributed by atoms with Gasteiger partial charge >= 0.3 is 17.9 Å². The summed E-state index contributed by atoms with van der Waals surface area (Å²) in [7, 11) is 1.25. The van der Waals surface area contributed by atoms with Gasteiger partial charge in [0.2, 0.25) is 0 Å². The van der Waals surface area contributed by atoms with Gasteiger partial charge in [-0.25, -0.2) is 9.59 Å². The highest BCUT2D eigenvalue weighted by atomic mass is 16.6. The zero-order valence-electron chi connectivity index (χ0n) is 17.0. The van der Waals surface area contributed by atoms with Crippen LogP contribution in [0.4, 0.5) is 0 Å². The number of rotatable bonds is 8. The van der Waals surface area contributed by atoms with Crippen LogP contribution in [0.1, 0.15) is 33.6 Å². The minimum Gasteiger partial charge on any atom is -0.469 e. The Balaban J connectivity index is 1.61. The molecule has 1 aliphatic heterocycles. The third kappa shape index (κ3) is 6.13. The van der Waals surface area contributed by atoms with Gasteiger partial charge < -0.3 is 24.1 Å². The SMILES string of the molecule is COC(=O)CC1O[C@@H]([C@@H](O)COC(=O)c2ccccc2)C[C@H]1OC(=O)c1ccccc1. The third-order valence-electron chi connectivity index (χ3n) is 4.92. The largest absolute Gasteiger partial charge is 0.469 e. The van der Waals surface area contributed by atoms with Crippen molar-refractivity contribution in [3.05, 3.63) is 71.8 Å². The Morgan fingerprint density at radius 3 is 2.16 bits per heavy atom. The second-order valence-electron chi connectivity index (χ2n) is 7.07. The van der Waals surface area contributed by atoms with Crippen molar-refractivity contribution in [2.24, 2.45) is 0 Å². The highest BCUT2D eigenvalue weighted by Crippen LogP contribution is 2.29. The summed E-state index contributed by atoms with van der Waals surface area (Å²) in [4.78, 5) is 36.2. The van der Waals surface area contributed by atoms with Crippen LogP contribution < -0.4 is 0 Å². The van der Waals surface area contributed by atoms with Crippen molar-refractivity contribution in [3.63, 3.8) is 0 Å². The molecule has 1 heterocycles. The van der Waals surface area contributed by atoms with E-state index in [1.165, 1.54) is 7.11 Å². The van der Waals surface area contributed by atoms with Gasteiger partial charge in [-0.15, -0.1) is 0 Å². The van der Waals surface area contributed by atoms with Crippen LogP contribution in [0.2, 0.25) is 0 Å². The topological polar surface area (TPSA) is 108 Å². The Bertz CT molecular complexity index is 883. The maximum Gasteiger partial charge on any atom is 0.338 e. The minimum absolute atomic E-state index is 0.143. The molecule has 3 rings (SSSR count). The smallest absolute Gasteiger partial charge is 0.338 e. The number of ether oxygens (including phenoxy) is 4. The number of benzene rings is 2. The summed E-state index contributed by atoms with van der Waals surface area (Å²) in [5.74, 6) is -1.66. The van der Waals surface area contributed by atoms with Gasteiger partial charge in [-0.1, -0.05) is 36.4 Å². The van der Waals surface area contributed by atoms with Gasteiger partial charge in [0.15, 0.2) is 0 Å². The maximum atomic E-state index is 12.4. The van der Waals surface area contributed by atoms with Crippen molar-refractivity contribution in [3.8, 4) is 0 Å². The second-order valence-corrected chi connectivity index (χ2v) is 7.07. The van der Waals surface area contributed by atoms with E-state index in [9.17, 15) is 19.5 Å². The number of aliphatic hydroxyl groups is 1. The Labute approximate surface area is 179 Å². The molecule has 0 bridgehead atoms. The summed E-state index contributed by atoms with van der Waals surface area (Å²) < 4.78 is 21.1.